The molecule has 0 saturated carbocycles. The number of allylic oxidation sites excluding steroid dienone is 1. The van der Waals surface area contributed by atoms with Gasteiger partial charge in [-0.3, -0.25) is 9.36 Å². The maximum absolute atomic E-state index is 13.6. The lowest BCUT2D eigenvalue weighted by Crippen LogP contribution is -2.39. The van der Waals surface area contributed by atoms with Crippen LogP contribution in [0, 0.1) is 0 Å². The summed E-state index contributed by atoms with van der Waals surface area (Å²) in [6, 6.07) is 17.4. The molecular weight excluding hydrogens is 519 g/mol. The first-order valence-electron chi connectivity index (χ1n) is 11.2. The molecule has 2 aromatic heterocycles. The van der Waals surface area contributed by atoms with Crippen LogP contribution in [0.25, 0.3) is 17.4 Å². The van der Waals surface area contributed by atoms with Crippen LogP contribution in [0.5, 0.6) is 0 Å². The van der Waals surface area contributed by atoms with Gasteiger partial charge in [0.15, 0.2) is 4.80 Å². The number of carbonyl (C=O) groups is 1. The number of rotatable bonds is 5. The Balaban J connectivity index is 1.64. The summed E-state index contributed by atoms with van der Waals surface area (Å²) in [5.74, 6) is 0.518. The van der Waals surface area contributed by atoms with E-state index >= 15 is 0 Å². The molecule has 0 radical (unpaired) electrons. The quantitative estimate of drug-likeness (QED) is 0.320. The van der Waals surface area contributed by atoms with Crippen molar-refractivity contribution in [1.29, 1.82) is 0 Å². The number of nitrogens with zero attached hydrogens (tertiary/aromatic N) is 2. The third kappa shape index (κ3) is 4.46. The van der Waals surface area contributed by atoms with E-state index in [0.717, 1.165) is 5.56 Å². The first-order chi connectivity index (χ1) is 17.4. The van der Waals surface area contributed by atoms with E-state index < -0.39 is 12.0 Å². The zero-order valence-electron chi connectivity index (χ0n) is 19.3. The highest BCUT2D eigenvalue weighted by atomic mass is 35.5. The maximum Gasteiger partial charge on any atom is 0.338 e. The Kier molecular flexibility index (Phi) is 6.71. The Morgan fingerprint density at radius 3 is 2.69 bits per heavy atom. The first kappa shape index (κ1) is 24.3. The molecule has 1 atom stereocenters. The molecule has 0 saturated heterocycles. The van der Waals surface area contributed by atoms with Gasteiger partial charge >= 0.3 is 5.97 Å². The van der Waals surface area contributed by atoms with Gasteiger partial charge in [-0.2, -0.15) is 0 Å². The molecule has 1 aliphatic heterocycles. The zero-order valence-corrected chi connectivity index (χ0v) is 21.7. The van der Waals surface area contributed by atoms with Crippen LogP contribution in [-0.2, 0) is 9.53 Å². The van der Waals surface area contributed by atoms with Crippen LogP contribution in [0.3, 0.4) is 0 Å². The number of furan rings is 1. The van der Waals surface area contributed by atoms with Crippen LogP contribution in [0.4, 0.5) is 0 Å². The van der Waals surface area contributed by atoms with Gasteiger partial charge in [-0.05, 0) is 49.7 Å². The number of esters is 1. The summed E-state index contributed by atoms with van der Waals surface area (Å²) in [7, 11) is 0. The number of hydrogen-bond donors (Lipinski definition) is 0. The zero-order chi connectivity index (χ0) is 25.4. The van der Waals surface area contributed by atoms with Crippen molar-refractivity contribution in [2.45, 2.75) is 19.9 Å². The number of aromatic nitrogens is 1. The highest BCUT2D eigenvalue weighted by Gasteiger charge is 2.33. The molecule has 5 rings (SSSR count). The number of thiazole rings is 1. The van der Waals surface area contributed by atoms with Crippen molar-refractivity contribution in [3.8, 4) is 11.3 Å². The average molecular weight is 539 g/mol. The van der Waals surface area contributed by atoms with E-state index in [1.165, 1.54) is 11.3 Å². The Bertz CT molecular complexity index is 1680. The van der Waals surface area contributed by atoms with E-state index in [0.29, 0.717) is 47.7 Å². The molecule has 0 bridgehead atoms. The molecule has 0 N–H and O–H groups in total. The second kappa shape index (κ2) is 9.93. The highest BCUT2D eigenvalue weighted by molar-refractivity contribution is 7.07. The van der Waals surface area contributed by atoms with Crippen molar-refractivity contribution >= 4 is 46.6 Å². The summed E-state index contributed by atoms with van der Waals surface area (Å²) < 4.78 is 13.2. The van der Waals surface area contributed by atoms with Crippen LogP contribution in [-0.4, -0.2) is 17.1 Å². The van der Waals surface area contributed by atoms with Crippen molar-refractivity contribution in [2.75, 3.05) is 6.61 Å². The minimum Gasteiger partial charge on any atom is -0.463 e. The molecule has 0 aliphatic carbocycles. The monoisotopic (exact) mass is 538 g/mol. The summed E-state index contributed by atoms with van der Waals surface area (Å²) in [6.07, 6.45) is 1.66. The predicted octanol–water partition coefficient (Wildman–Crippen LogP) is 5.37. The van der Waals surface area contributed by atoms with Gasteiger partial charge in [0, 0.05) is 16.7 Å². The Hall–Kier alpha value is -3.39. The van der Waals surface area contributed by atoms with Gasteiger partial charge in [0.2, 0.25) is 0 Å². The number of benzene rings is 2. The first-order valence-corrected chi connectivity index (χ1v) is 12.7. The Labute approximate surface area is 220 Å². The summed E-state index contributed by atoms with van der Waals surface area (Å²) in [5.41, 5.74) is 2.03. The Morgan fingerprint density at radius 2 is 1.94 bits per heavy atom. The molecule has 0 amide bonds. The van der Waals surface area contributed by atoms with E-state index in [-0.39, 0.29) is 12.2 Å². The fourth-order valence-corrected chi connectivity index (χ4v) is 5.54. The van der Waals surface area contributed by atoms with Crippen LogP contribution in [0.2, 0.25) is 10.0 Å². The van der Waals surface area contributed by atoms with E-state index in [1.807, 2.05) is 30.3 Å². The summed E-state index contributed by atoms with van der Waals surface area (Å²) >= 11 is 13.7. The molecule has 6 nitrogen and oxygen atoms in total. The normalized spacial score (nSPS) is 15.6. The minimum absolute atomic E-state index is 0.221. The molecule has 2 aromatic carbocycles. The van der Waals surface area contributed by atoms with E-state index in [1.54, 1.807) is 54.8 Å². The molecule has 1 aliphatic rings. The van der Waals surface area contributed by atoms with Gasteiger partial charge in [-0.15, -0.1) is 0 Å². The fourth-order valence-electron chi connectivity index (χ4n) is 4.13. The fraction of sp³-hybridized carbons (Fsp3) is 0.148. The maximum atomic E-state index is 13.6. The van der Waals surface area contributed by atoms with Gasteiger partial charge in [-0.25, -0.2) is 9.79 Å². The van der Waals surface area contributed by atoms with Crippen molar-refractivity contribution in [3.63, 3.8) is 0 Å². The van der Waals surface area contributed by atoms with E-state index in [4.69, 9.17) is 32.4 Å². The van der Waals surface area contributed by atoms with Gasteiger partial charge in [0.25, 0.3) is 5.56 Å². The SMILES string of the molecule is CCOC(=O)C1=C(C)N=c2s/c(=C\c3ccc(-c4cc(Cl)ccc4Cl)o3)c(=O)n2C1c1ccccc1. The number of ether oxygens (including phenoxy) is 1. The summed E-state index contributed by atoms with van der Waals surface area (Å²) in [5, 5.41) is 1.04. The van der Waals surface area contributed by atoms with Gasteiger partial charge in [0.05, 0.1) is 33.5 Å². The third-order valence-corrected chi connectivity index (χ3v) is 7.27. The third-order valence-electron chi connectivity index (χ3n) is 5.73. The molecule has 0 spiro atoms. The lowest BCUT2D eigenvalue weighted by atomic mass is 9.96. The lowest BCUT2D eigenvalue weighted by Gasteiger charge is -2.24. The molecule has 36 heavy (non-hydrogen) atoms. The van der Waals surface area contributed by atoms with Gasteiger partial charge in [0.1, 0.15) is 11.5 Å². The molecule has 4 aromatic rings. The smallest absolute Gasteiger partial charge is 0.338 e. The van der Waals surface area contributed by atoms with Crippen molar-refractivity contribution in [2.24, 2.45) is 4.99 Å². The van der Waals surface area contributed by atoms with Crippen molar-refractivity contribution in [3.05, 3.63) is 113 Å². The molecule has 9 heteroatoms. The van der Waals surface area contributed by atoms with E-state index in [2.05, 4.69) is 4.99 Å². The van der Waals surface area contributed by atoms with Crippen LogP contribution in [0.1, 0.15) is 31.2 Å². The number of hydrogen-bond acceptors (Lipinski definition) is 6. The second-order valence-corrected chi connectivity index (χ2v) is 9.89. The van der Waals surface area contributed by atoms with Crippen molar-refractivity contribution in [1.82, 2.24) is 4.57 Å². The van der Waals surface area contributed by atoms with Crippen LogP contribution in [0.15, 0.2) is 86.1 Å². The molecule has 182 valence electrons. The largest absolute Gasteiger partial charge is 0.463 e. The van der Waals surface area contributed by atoms with E-state index in [9.17, 15) is 9.59 Å². The summed E-state index contributed by atoms with van der Waals surface area (Å²) in [4.78, 5) is 31.6. The van der Waals surface area contributed by atoms with Gasteiger partial charge in [-0.1, -0.05) is 64.9 Å². The van der Waals surface area contributed by atoms with Crippen LogP contribution < -0.4 is 14.9 Å². The van der Waals surface area contributed by atoms with Gasteiger partial charge < -0.3 is 9.15 Å². The number of carbonyl (C=O) groups excluding carboxylic acids is 1. The highest BCUT2D eigenvalue weighted by Crippen LogP contribution is 2.32. The molecule has 0 fully saturated rings. The Morgan fingerprint density at radius 1 is 1.17 bits per heavy atom. The lowest BCUT2D eigenvalue weighted by molar-refractivity contribution is -0.139. The second-order valence-electron chi connectivity index (χ2n) is 8.04. The summed E-state index contributed by atoms with van der Waals surface area (Å²) in [6.45, 7) is 3.72. The minimum atomic E-state index is -0.652. The van der Waals surface area contributed by atoms with Crippen LogP contribution >= 0.6 is 34.5 Å². The number of fused-ring (bicyclic) bond motifs is 1. The molecule has 3 heterocycles. The predicted molar refractivity (Wildman–Crippen MR) is 141 cm³/mol. The topological polar surface area (TPSA) is 73.8 Å². The number of halogens is 2. The average Bonchev–Trinajstić information content (AvgIpc) is 3.45. The molecular formula is C27H20Cl2N2O4S. The standard InChI is InChI=1S/C27H20Cl2N2O4S/c1-3-34-26(33)23-15(2)30-27-31(24(23)16-7-5-4-6-8-16)25(32)22(36-27)14-18-10-12-21(35-18)19-13-17(28)9-11-20(19)29/h4-14,24H,3H2,1-2H3/b22-14-. The molecule has 1 unspecified atom stereocenters. The van der Waals surface area contributed by atoms with Crippen molar-refractivity contribution < 1.29 is 13.9 Å².